The van der Waals surface area contributed by atoms with E-state index in [4.69, 9.17) is 0 Å². The minimum absolute atomic E-state index is 0.0688. The highest BCUT2D eigenvalue weighted by Gasteiger charge is 2.10. The zero-order valence-electron chi connectivity index (χ0n) is 15.6. The first-order chi connectivity index (χ1) is 13.9. The van der Waals surface area contributed by atoms with Gasteiger partial charge in [0, 0.05) is 29.1 Å². The summed E-state index contributed by atoms with van der Waals surface area (Å²) in [4.78, 5) is 34.6. The van der Waals surface area contributed by atoms with Crippen LogP contribution in [0.5, 0.6) is 0 Å². The van der Waals surface area contributed by atoms with Gasteiger partial charge in [0.1, 0.15) is 0 Å². The number of nitrogens with one attached hydrogen (secondary N) is 2. The van der Waals surface area contributed by atoms with Crippen molar-refractivity contribution in [3.63, 3.8) is 0 Å². The predicted octanol–water partition coefficient (Wildman–Crippen LogP) is 3.88. The van der Waals surface area contributed by atoms with Crippen LogP contribution in [0.15, 0.2) is 71.8 Å². The number of nitro benzene ring substituents is 1. The molecule has 0 heterocycles. The quantitative estimate of drug-likeness (QED) is 0.378. The van der Waals surface area contributed by atoms with E-state index in [9.17, 15) is 19.7 Å². The molecule has 3 aromatic rings. The van der Waals surface area contributed by atoms with Crippen LogP contribution in [0.2, 0.25) is 0 Å². The fourth-order valence-electron chi connectivity index (χ4n) is 2.72. The second-order valence-corrected chi connectivity index (χ2v) is 6.38. The molecule has 0 saturated carbocycles. The van der Waals surface area contributed by atoms with E-state index in [-0.39, 0.29) is 18.0 Å². The number of amides is 2. The third-order valence-corrected chi connectivity index (χ3v) is 4.12. The van der Waals surface area contributed by atoms with Gasteiger partial charge in [-0.25, -0.2) is 5.43 Å². The molecule has 0 bridgehead atoms. The molecule has 0 aromatic heterocycles. The van der Waals surface area contributed by atoms with E-state index in [1.54, 1.807) is 25.1 Å². The smallest absolute Gasteiger partial charge is 0.271 e. The summed E-state index contributed by atoms with van der Waals surface area (Å²) in [7, 11) is 0. The van der Waals surface area contributed by atoms with E-state index in [0.717, 1.165) is 10.8 Å². The summed E-state index contributed by atoms with van der Waals surface area (Å²) in [5.41, 5.74) is 3.49. The highest BCUT2D eigenvalue weighted by Crippen LogP contribution is 2.17. The number of hydrogen-bond donors (Lipinski definition) is 2. The Kier molecular flexibility index (Phi) is 5.94. The highest BCUT2D eigenvalue weighted by atomic mass is 16.6. The van der Waals surface area contributed by atoms with Gasteiger partial charge in [0.2, 0.25) is 5.91 Å². The number of non-ortho nitro benzene ring substituents is 1. The van der Waals surface area contributed by atoms with Crippen LogP contribution in [-0.2, 0) is 4.79 Å². The van der Waals surface area contributed by atoms with Crippen LogP contribution in [0.3, 0.4) is 0 Å². The molecular formula is C21H18N4O4. The molecule has 2 amide bonds. The molecule has 0 aliphatic heterocycles. The highest BCUT2D eigenvalue weighted by molar-refractivity contribution is 6.06. The number of carbonyl (C=O) groups excluding carboxylic acids is 2. The van der Waals surface area contributed by atoms with Crippen LogP contribution in [0.25, 0.3) is 10.8 Å². The van der Waals surface area contributed by atoms with Crippen molar-refractivity contribution in [3.05, 3.63) is 82.4 Å². The van der Waals surface area contributed by atoms with Gasteiger partial charge in [0.05, 0.1) is 11.3 Å². The number of hydrogen-bond acceptors (Lipinski definition) is 5. The molecule has 0 aliphatic carbocycles. The standard InChI is InChI=1S/C21H18N4O4/c1-14(11-20(26)22-18-7-4-8-19(13-18)25(28)29)23-24-21(27)17-10-9-15-5-2-3-6-16(15)12-17/h2-10,12-13H,11H2,1H3,(H,22,26)(H,24,27)/b23-14+. The van der Waals surface area contributed by atoms with Gasteiger partial charge < -0.3 is 5.32 Å². The molecule has 0 aliphatic rings. The summed E-state index contributed by atoms with van der Waals surface area (Å²) in [5, 5.41) is 19.3. The Labute approximate surface area is 166 Å². The fourth-order valence-corrected chi connectivity index (χ4v) is 2.72. The first kappa shape index (κ1) is 19.7. The Hall–Kier alpha value is -4.07. The number of carbonyl (C=O) groups is 2. The van der Waals surface area contributed by atoms with Gasteiger partial charge in [-0.15, -0.1) is 0 Å². The lowest BCUT2D eigenvalue weighted by Gasteiger charge is -2.06. The third-order valence-electron chi connectivity index (χ3n) is 4.12. The molecule has 0 fully saturated rings. The van der Waals surface area contributed by atoms with Crippen molar-refractivity contribution < 1.29 is 14.5 Å². The first-order valence-electron chi connectivity index (χ1n) is 8.79. The Morgan fingerprint density at radius 1 is 1.00 bits per heavy atom. The van der Waals surface area contributed by atoms with Gasteiger partial charge in [-0.3, -0.25) is 19.7 Å². The number of hydrazone groups is 1. The number of anilines is 1. The molecule has 0 unspecified atom stereocenters. The van der Waals surface area contributed by atoms with Crippen molar-refractivity contribution in [2.75, 3.05) is 5.32 Å². The van der Waals surface area contributed by atoms with E-state index in [2.05, 4.69) is 15.8 Å². The van der Waals surface area contributed by atoms with Crippen LogP contribution in [0.4, 0.5) is 11.4 Å². The van der Waals surface area contributed by atoms with Crippen LogP contribution >= 0.6 is 0 Å². The van der Waals surface area contributed by atoms with Gasteiger partial charge in [-0.2, -0.15) is 5.10 Å². The molecule has 29 heavy (non-hydrogen) atoms. The molecule has 0 spiro atoms. The molecule has 0 saturated heterocycles. The van der Waals surface area contributed by atoms with Crippen molar-refractivity contribution in [1.82, 2.24) is 5.43 Å². The Morgan fingerprint density at radius 2 is 1.76 bits per heavy atom. The van der Waals surface area contributed by atoms with Crippen LogP contribution < -0.4 is 10.7 Å². The Morgan fingerprint density at radius 3 is 2.52 bits per heavy atom. The number of nitro groups is 1. The summed E-state index contributed by atoms with van der Waals surface area (Å²) >= 11 is 0. The minimum Gasteiger partial charge on any atom is -0.326 e. The monoisotopic (exact) mass is 390 g/mol. The van der Waals surface area contributed by atoms with E-state index < -0.39 is 10.8 Å². The van der Waals surface area contributed by atoms with Crippen LogP contribution in [-0.4, -0.2) is 22.4 Å². The van der Waals surface area contributed by atoms with E-state index in [1.165, 1.54) is 18.2 Å². The van der Waals surface area contributed by atoms with Crippen molar-refractivity contribution in [2.45, 2.75) is 13.3 Å². The fraction of sp³-hybridized carbons (Fsp3) is 0.0952. The second-order valence-electron chi connectivity index (χ2n) is 6.38. The molecule has 0 atom stereocenters. The molecule has 2 N–H and O–H groups in total. The molecule has 0 radical (unpaired) electrons. The van der Waals surface area contributed by atoms with Crippen molar-refractivity contribution >= 4 is 39.7 Å². The Balaban J connectivity index is 1.58. The average molecular weight is 390 g/mol. The van der Waals surface area contributed by atoms with Crippen LogP contribution in [0, 0.1) is 10.1 Å². The largest absolute Gasteiger partial charge is 0.326 e. The second kappa shape index (κ2) is 8.75. The number of fused-ring (bicyclic) bond motifs is 1. The maximum absolute atomic E-state index is 12.3. The zero-order valence-corrected chi connectivity index (χ0v) is 15.6. The van der Waals surface area contributed by atoms with Crippen molar-refractivity contribution in [2.24, 2.45) is 5.10 Å². The number of benzene rings is 3. The maximum Gasteiger partial charge on any atom is 0.271 e. The summed E-state index contributed by atoms with van der Waals surface area (Å²) < 4.78 is 0. The van der Waals surface area contributed by atoms with E-state index in [1.807, 2.05) is 30.3 Å². The lowest BCUT2D eigenvalue weighted by molar-refractivity contribution is -0.384. The zero-order chi connectivity index (χ0) is 20.8. The summed E-state index contributed by atoms with van der Waals surface area (Å²) in [6.45, 7) is 1.60. The van der Waals surface area contributed by atoms with Crippen molar-refractivity contribution in [3.8, 4) is 0 Å². The van der Waals surface area contributed by atoms with Gasteiger partial charge in [0.25, 0.3) is 11.6 Å². The maximum atomic E-state index is 12.3. The third kappa shape index (κ3) is 5.23. The lowest BCUT2D eigenvalue weighted by atomic mass is 10.1. The van der Waals surface area contributed by atoms with Gasteiger partial charge in [-0.05, 0) is 35.9 Å². The normalized spacial score (nSPS) is 11.1. The molecule has 146 valence electrons. The molecular weight excluding hydrogens is 372 g/mol. The molecule has 3 rings (SSSR count). The van der Waals surface area contributed by atoms with Gasteiger partial charge in [0.15, 0.2) is 0 Å². The SMILES string of the molecule is C/C(CC(=O)Nc1cccc([N+](=O)[O-])c1)=N\NC(=O)c1ccc2ccccc2c1. The topological polar surface area (TPSA) is 114 Å². The number of rotatable bonds is 6. The summed E-state index contributed by atoms with van der Waals surface area (Å²) in [6.07, 6.45) is -0.0688. The van der Waals surface area contributed by atoms with Crippen LogP contribution in [0.1, 0.15) is 23.7 Å². The van der Waals surface area contributed by atoms with E-state index >= 15 is 0 Å². The molecule has 8 heteroatoms. The van der Waals surface area contributed by atoms with Gasteiger partial charge in [-0.1, -0.05) is 36.4 Å². The summed E-state index contributed by atoms with van der Waals surface area (Å²) in [5.74, 6) is -0.777. The minimum atomic E-state index is -0.537. The van der Waals surface area contributed by atoms with E-state index in [0.29, 0.717) is 17.0 Å². The Bertz CT molecular complexity index is 1120. The average Bonchev–Trinajstić information content (AvgIpc) is 2.71. The number of nitrogens with zero attached hydrogens (tertiary/aromatic N) is 2. The molecule has 8 nitrogen and oxygen atoms in total. The first-order valence-corrected chi connectivity index (χ1v) is 8.79. The summed E-state index contributed by atoms with van der Waals surface area (Å²) in [6, 6.07) is 18.7. The predicted molar refractivity (Wildman–Crippen MR) is 111 cm³/mol. The molecule has 3 aromatic carbocycles. The lowest BCUT2D eigenvalue weighted by Crippen LogP contribution is -2.21. The van der Waals surface area contributed by atoms with Crippen molar-refractivity contribution in [1.29, 1.82) is 0 Å². The van der Waals surface area contributed by atoms with Gasteiger partial charge >= 0.3 is 0 Å².